The number of unbranched alkanes of at least 4 members (excludes halogenated alkanes) is 5. The van der Waals surface area contributed by atoms with Crippen molar-refractivity contribution < 1.29 is 9.53 Å². The van der Waals surface area contributed by atoms with Crippen molar-refractivity contribution in [1.82, 2.24) is 9.47 Å². The fourth-order valence-corrected chi connectivity index (χ4v) is 5.80. The minimum atomic E-state index is -0.322. The predicted molar refractivity (Wildman–Crippen MR) is 164 cm³/mol. The van der Waals surface area contributed by atoms with E-state index in [2.05, 4.69) is 25.2 Å². The summed E-state index contributed by atoms with van der Waals surface area (Å²) in [4.78, 5) is 28.9. The number of rotatable bonds is 14. The minimum Gasteiger partial charge on any atom is -0.497 e. The lowest BCUT2D eigenvalue weighted by atomic mass is 10.0. The first-order valence-corrected chi connectivity index (χ1v) is 14.9. The molecule has 208 valence electrons. The third kappa shape index (κ3) is 7.52. The SMILES string of the molecule is CCCCCCCN1C(=O)/C(=C\c2c(C)c(C#N)c(=O)n(CCCC)c2NCc2ccc(OC)cc2)SC1=S. The Morgan fingerprint density at radius 2 is 1.74 bits per heavy atom. The van der Waals surface area contributed by atoms with E-state index in [1.807, 2.05) is 24.3 Å². The van der Waals surface area contributed by atoms with Crippen molar-refractivity contribution in [2.75, 3.05) is 19.0 Å². The molecular weight excluding hydrogens is 528 g/mol. The topological polar surface area (TPSA) is 87.4 Å². The van der Waals surface area contributed by atoms with Gasteiger partial charge in [0.15, 0.2) is 0 Å². The summed E-state index contributed by atoms with van der Waals surface area (Å²) in [6.45, 7) is 7.53. The maximum absolute atomic E-state index is 13.4. The number of thiocarbonyl (C=S) groups is 1. The van der Waals surface area contributed by atoms with E-state index in [9.17, 15) is 14.9 Å². The second-order valence-corrected chi connectivity index (χ2v) is 11.3. The molecule has 0 saturated carbocycles. The number of carbonyl (C=O) groups is 1. The van der Waals surface area contributed by atoms with Crippen molar-refractivity contribution in [1.29, 1.82) is 5.26 Å². The van der Waals surface area contributed by atoms with Crippen LogP contribution < -0.4 is 15.6 Å². The zero-order chi connectivity index (χ0) is 28.4. The Labute approximate surface area is 241 Å². The first kappa shape index (κ1) is 30.5. The van der Waals surface area contributed by atoms with Gasteiger partial charge in [0.2, 0.25) is 0 Å². The van der Waals surface area contributed by atoms with Crippen LogP contribution in [0.25, 0.3) is 6.08 Å². The zero-order valence-electron chi connectivity index (χ0n) is 23.3. The van der Waals surface area contributed by atoms with Crippen LogP contribution in [-0.2, 0) is 17.9 Å². The van der Waals surface area contributed by atoms with E-state index in [1.54, 1.807) is 29.6 Å². The van der Waals surface area contributed by atoms with Gasteiger partial charge in [-0.15, -0.1) is 0 Å². The normalized spacial score (nSPS) is 14.2. The van der Waals surface area contributed by atoms with Gasteiger partial charge in [0.25, 0.3) is 11.5 Å². The molecule has 1 fully saturated rings. The molecule has 9 heteroatoms. The smallest absolute Gasteiger partial charge is 0.270 e. The highest BCUT2D eigenvalue weighted by atomic mass is 32.2. The van der Waals surface area contributed by atoms with Crippen LogP contribution in [0.4, 0.5) is 5.82 Å². The number of benzene rings is 1. The number of hydrogen-bond donors (Lipinski definition) is 1. The third-order valence-electron chi connectivity index (χ3n) is 6.86. The maximum atomic E-state index is 13.4. The monoisotopic (exact) mass is 566 g/mol. The van der Waals surface area contributed by atoms with Crippen LogP contribution in [-0.4, -0.2) is 33.3 Å². The number of nitriles is 1. The summed E-state index contributed by atoms with van der Waals surface area (Å²) in [5, 5.41) is 13.3. The summed E-state index contributed by atoms with van der Waals surface area (Å²) in [6.07, 6.45) is 8.97. The van der Waals surface area contributed by atoms with Gasteiger partial charge in [-0.25, -0.2) is 0 Å². The molecule has 2 aromatic rings. The number of hydrogen-bond acceptors (Lipinski definition) is 7. The third-order valence-corrected chi connectivity index (χ3v) is 8.24. The number of anilines is 1. The Bertz CT molecular complexity index is 1310. The van der Waals surface area contributed by atoms with Crippen molar-refractivity contribution in [3.63, 3.8) is 0 Å². The molecule has 3 rings (SSSR count). The lowest BCUT2D eigenvalue weighted by Crippen LogP contribution is -2.29. The van der Waals surface area contributed by atoms with Crippen molar-refractivity contribution >= 4 is 46.1 Å². The second kappa shape index (κ2) is 14.9. The summed E-state index contributed by atoms with van der Waals surface area (Å²) < 4.78 is 7.45. The van der Waals surface area contributed by atoms with Crippen LogP contribution in [0.1, 0.15) is 81.0 Å². The molecule has 0 aliphatic carbocycles. The molecule has 1 saturated heterocycles. The summed E-state index contributed by atoms with van der Waals surface area (Å²) in [5.41, 5.74) is 2.00. The summed E-state index contributed by atoms with van der Waals surface area (Å²) in [5.74, 6) is 1.25. The van der Waals surface area contributed by atoms with Crippen LogP contribution >= 0.6 is 24.0 Å². The maximum Gasteiger partial charge on any atom is 0.270 e. The fourth-order valence-electron chi connectivity index (χ4n) is 4.51. The first-order chi connectivity index (χ1) is 18.9. The molecule has 0 atom stereocenters. The van der Waals surface area contributed by atoms with Gasteiger partial charge >= 0.3 is 0 Å². The molecule has 39 heavy (non-hydrogen) atoms. The van der Waals surface area contributed by atoms with Gasteiger partial charge < -0.3 is 10.1 Å². The predicted octanol–water partition coefficient (Wildman–Crippen LogP) is 6.62. The largest absolute Gasteiger partial charge is 0.497 e. The average Bonchev–Trinajstić information content (AvgIpc) is 3.20. The van der Waals surface area contributed by atoms with Gasteiger partial charge in [0, 0.05) is 25.2 Å². The number of nitrogens with one attached hydrogen (secondary N) is 1. The quantitative estimate of drug-likeness (QED) is 0.156. The molecule has 0 radical (unpaired) electrons. The summed E-state index contributed by atoms with van der Waals surface area (Å²) in [7, 11) is 1.63. The van der Waals surface area contributed by atoms with Crippen LogP contribution in [0.3, 0.4) is 0 Å². The van der Waals surface area contributed by atoms with Crippen LogP contribution in [0.2, 0.25) is 0 Å². The van der Waals surface area contributed by atoms with E-state index >= 15 is 0 Å². The van der Waals surface area contributed by atoms with Gasteiger partial charge in [-0.1, -0.05) is 82.1 Å². The molecule has 1 aliphatic rings. The lowest BCUT2D eigenvalue weighted by Gasteiger charge is -2.20. The van der Waals surface area contributed by atoms with E-state index in [4.69, 9.17) is 17.0 Å². The molecule has 0 unspecified atom stereocenters. The lowest BCUT2D eigenvalue weighted by molar-refractivity contribution is -0.122. The number of amides is 1. The van der Waals surface area contributed by atoms with Crippen LogP contribution in [0.5, 0.6) is 5.75 Å². The van der Waals surface area contributed by atoms with Crippen molar-refractivity contribution in [3.05, 3.63) is 61.8 Å². The Morgan fingerprint density at radius 1 is 1.05 bits per heavy atom. The van der Waals surface area contributed by atoms with E-state index in [0.717, 1.165) is 43.4 Å². The van der Waals surface area contributed by atoms with Crippen molar-refractivity contribution in [2.45, 2.75) is 78.8 Å². The second-order valence-electron chi connectivity index (χ2n) is 9.63. The van der Waals surface area contributed by atoms with Gasteiger partial charge in [0.1, 0.15) is 27.5 Å². The van der Waals surface area contributed by atoms with Gasteiger partial charge in [0.05, 0.1) is 12.0 Å². The van der Waals surface area contributed by atoms with Gasteiger partial charge in [-0.3, -0.25) is 19.1 Å². The summed E-state index contributed by atoms with van der Waals surface area (Å²) in [6, 6.07) is 9.80. The average molecular weight is 567 g/mol. The first-order valence-electron chi connectivity index (χ1n) is 13.7. The Kier molecular flexibility index (Phi) is 11.6. The van der Waals surface area contributed by atoms with E-state index in [0.29, 0.717) is 45.8 Å². The van der Waals surface area contributed by atoms with E-state index in [1.165, 1.54) is 24.6 Å². The molecular formula is C30H38N4O3S2. The number of aromatic nitrogens is 1. The van der Waals surface area contributed by atoms with E-state index < -0.39 is 0 Å². The Balaban J connectivity index is 2.00. The molecule has 2 heterocycles. The minimum absolute atomic E-state index is 0.0961. The highest BCUT2D eigenvalue weighted by molar-refractivity contribution is 8.26. The molecule has 7 nitrogen and oxygen atoms in total. The molecule has 1 amide bonds. The zero-order valence-corrected chi connectivity index (χ0v) is 25.0. The number of nitrogens with zero attached hydrogens (tertiary/aromatic N) is 3. The van der Waals surface area contributed by atoms with Crippen LogP contribution in [0, 0.1) is 18.3 Å². The Morgan fingerprint density at radius 3 is 2.38 bits per heavy atom. The molecule has 0 spiro atoms. The summed E-state index contributed by atoms with van der Waals surface area (Å²) >= 11 is 6.84. The number of ether oxygens (including phenoxy) is 1. The molecule has 0 bridgehead atoms. The van der Waals surface area contributed by atoms with Crippen molar-refractivity contribution in [3.8, 4) is 11.8 Å². The fraction of sp³-hybridized carbons (Fsp3) is 0.467. The highest BCUT2D eigenvalue weighted by Gasteiger charge is 2.32. The number of pyridine rings is 1. The molecule has 1 aromatic heterocycles. The number of thioether (sulfide) groups is 1. The highest BCUT2D eigenvalue weighted by Crippen LogP contribution is 2.35. The Hall–Kier alpha value is -3.09. The molecule has 1 N–H and O–H groups in total. The van der Waals surface area contributed by atoms with Gasteiger partial charge in [-0.05, 0) is 49.1 Å². The molecule has 1 aliphatic heterocycles. The molecule has 1 aromatic carbocycles. The standard InChI is InChI=1S/C30H38N4O3S2/c1-5-7-9-10-11-17-34-29(36)26(39-30(34)38)18-24-21(3)25(19-31)28(35)33(16-8-6-2)27(24)32-20-22-12-14-23(37-4)15-13-22/h12-15,18,32H,5-11,16-17,20H2,1-4H3/b26-18+. The number of methoxy groups -OCH3 is 1. The van der Waals surface area contributed by atoms with Crippen LogP contribution in [0.15, 0.2) is 34.0 Å². The van der Waals surface area contributed by atoms with Gasteiger partial charge in [-0.2, -0.15) is 5.26 Å². The number of carbonyl (C=O) groups excluding carboxylic acids is 1. The van der Waals surface area contributed by atoms with E-state index in [-0.39, 0.29) is 17.0 Å². The van der Waals surface area contributed by atoms with Crippen molar-refractivity contribution in [2.24, 2.45) is 0 Å².